The third kappa shape index (κ3) is 2.95. The van der Waals surface area contributed by atoms with Crippen LogP contribution in [0.25, 0.3) is 6.08 Å². The number of fused-ring (bicyclic) bond motifs is 1. The number of carbonyl (C=O) groups excluding carboxylic acids is 1. The summed E-state index contributed by atoms with van der Waals surface area (Å²) in [4.78, 5) is 29.3. The number of amides is 1. The number of carbonyl (C=O) groups is 2. The van der Waals surface area contributed by atoms with Gasteiger partial charge in [0.15, 0.2) is 26.4 Å². The Morgan fingerprint density at radius 2 is 2.13 bits per heavy atom. The molecule has 2 fully saturated rings. The summed E-state index contributed by atoms with van der Waals surface area (Å²) in [6, 6.07) is -1.42. The van der Waals surface area contributed by atoms with Gasteiger partial charge in [-0.15, -0.1) is 5.10 Å². The van der Waals surface area contributed by atoms with E-state index in [4.69, 9.17) is 0 Å². The summed E-state index contributed by atoms with van der Waals surface area (Å²) >= 11 is 1.55. The molecule has 30 heavy (non-hydrogen) atoms. The molecule has 2 saturated heterocycles. The molecule has 0 aliphatic carbocycles. The Kier molecular flexibility index (Phi) is 4.77. The minimum absolute atomic E-state index is 0.0151. The van der Waals surface area contributed by atoms with Crippen LogP contribution >= 0.6 is 11.8 Å². The molecule has 13 heteroatoms. The van der Waals surface area contributed by atoms with Crippen molar-refractivity contribution in [3.8, 4) is 0 Å². The van der Waals surface area contributed by atoms with Crippen molar-refractivity contribution in [3.05, 3.63) is 29.9 Å². The first kappa shape index (κ1) is 20.6. The molecule has 0 aromatic carbocycles. The lowest BCUT2D eigenvalue weighted by molar-refractivity contribution is -0.152. The highest BCUT2D eigenvalue weighted by molar-refractivity contribution is 7.99. The van der Waals surface area contributed by atoms with E-state index in [1.54, 1.807) is 28.8 Å². The predicted molar refractivity (Wildman–Crippen MR) is 107 cm³/mol. The van der Waals surface area contributed by atoms with E-state index in [1.165, 1.54) is 19.9 Å². The summed E-state index contributed by atoms with van der Waals surface area (Å²) in [5, 5.41) is 17.0. The molecule has 2 aromatic heterocycles. The van der Waals surface area contributed by atoms with Crippen LogP contribution in [0.15, 0.2) is 29.3 Å². The fraction of sp³-hybridized carbons (Fsp3) is 0.471. The van der Waals surface area contributed by atoms with Crippen LogP contribution in [0, 0.1) is 0 Å². The molecule has 0 unspecified atom stereocenters. The molecule has 1 amide bonds. The number of carboxylic acids is 1. The number of hydrogen-bond donors (Lipinski definition) is 1. The number of β-lactam (4-membered cyclic amide) rings is 1. The van der Waals surface area contributed by atoms with Crippen molar-refractivity contribution < 1.29 is 23.1 Å². The van der Waals surface area contributed by atoms with Gasteiger partial charge in [0.1, 0.15) is 10.4 Å². The van der Waals surface area contributed by atoms with Crippen LogP contribution in [0.5, 0.6) is 0 Å². The number of thioether (sulfide) groups is 1. The second-order valence-corrected chi connectivity index (χ2v) is 11.3. The summed E-state index contributed by atoms with van der Waals surface area (Å²) in [7, 11) is -2.01. The van der Waals surface area contributed by atoms with Crippen LogP contribution in [0.3, 0.4) is 0 Å². The average Bonchev–Trinajstić information content (AvgIpc) is 3.31. The number of aryl methyl sites for hydroxylation is 2. The average molecular weight is 453 g/mol. The number of sulfone groups is 1. The first-order valence-corrected chi connectivity index (χ1v) is 11.6. The van der Waals surface area contributed by atoms with Gasteiger partial charge in [-0.25, -0.2) is 18.2 Å². The number of aromatic nitrogens is 5. The standard InChI is InChI=1S/C17H20N6O5S2/c1-17(2)12(15(25)26)23-13(24)11(14(23)30(17,27)28)8-10-9-22(20-19-10)6-7-29-16-18-4-5-21(16)3/h4-5,8-9,12,14H,6-7H2,1-3H3,(H,25,26)/b11-8+/t12-,14+/m0/s1. The fourth-order valence-electron chi connectivity index (χ4n) is 3.71. The van der Waals surface area contributed by atoms with Crippen LogP contribution in [0.4, 0.5) is 0 Å². The molecule has 4 heterocycles. The number of hydrogen-bond acceptors (Lipinski definition) is 8. The number of imidazole rings is 1. The normalized spacial score (nSPS) is 25.4. The molecule has 2 aliphatic heterocycles. The van der Waals surface area contributed by atoms with Crippen molar-refractivity contribution in [3.63, 3.8) is 0 Å². The van der Waals surface area contributed by atoms with Crippen LogP contribution < -0.4 is 0 Å². The zero-order valence-electron chi connectivity index (χ0n) is 16.5. The molecule has 4 rings (SSSR count). The molecular weight excluding hydrogens is 432 g/mol. The van der Waals surface area contributed by atoms with Gasteiger partial charge in [-0.1, -0.05) is 17.0 Å². The molecular formula is C17H20N6O5S2. The molecule has 2 aliphatic rings. The maximum absolute atomic E-state index is 12.9. The molecule has 2 aromatic rings. The number of carboxylic acid groups (broad SMARTS) is 1. The molecule has 1 N–H and O–H groups in total. The highest BCUT2D eigenvalue weighted by Gasteiger charge is 2.70. The Balaban J connectivity index is 1.50. The van der Waals surface area contributed by atoms with Crippen molar-refractivity contribution >= 4 is 39.6 Å². The highest BCUT2D eigenvalue weighted by Crippen LogP contribution is 2.48. The zero-order chi connectivity index (χ0) is 21.8. The maximum Gasteiger partial charge on any atom is 0.328 e. The first-order chi connectivity index (χ1) is 14.1. The second-order valence-electron chi connectivity index (χ2n) is 7.63. The summed E-state index contributed by atoms with van der Waals surface area (Å²) in [5.74, 6) is -1.25. The molecule has 0 radical (unpaired) electrons. The summed E-state index contributed by atoms with van der Waals surface area (Å²) in [6.45, 7) is 3.21. The van der Waals surface area contributed by atoms with Crippen molar-refractivity contribution in [2.45, 2.75) is 41.7 Å². The predicted octanol–water partition coefficient (Wildman–Crippen LogP) is 0.0158. The van der Waals surface area contributed by atoms with E-state index in [-0.39, 0.29) is 5.57 Å². The number of rotatable bonds is 6. The van der Waals surface area contributed by atoms with E-state index >= 15 is 0 Å². The van der Waals surface area contributed by atoms with Gasteiger partial charge in [-0.2, -0.15) is 0 Å². The maximum atomic E-state index is 12.9. The minimum atomic E-state index is -3.91. The zero-order valence-corrected chi connectivity index (χ0v) is 18.1. The highest BCUT2D eigenvalue weighted by atomic mass is 32.2. The number of nitrogens with zero attached hydrogens (tertiary/aromatic N) is 6. The summed E-state index contributed by atoms with van der Waals surface area (Å²) in [5.41, 5.74) is 0.355. The van der Waals surface area contributed by atoms with Gasteiger partial charge in [0, 0.05) is 25.2 Å². The van der Waals surface area contributed by atoms with Crippen LogP contribution in [-0.2, 0) is 33.0 Å². The second kappa shape index (κ2) is 6.94. The molecule has 160 valence electrons. The Morgan fingerprint density at radius 3 is 2.77 bits per heavy atom. The largest absolute Gasteiger partial charge is 0.480 e. The van der Waals surface area contributed by atoms with E-state index in [9.17, 15) is 23.1 Å². The smallest absolute Gasteiger partial charge is 0.328 e. The first-order valence-electron chi connectivity index (χ1n) is 9.06. The third-order valence-electron chi connectivity index (χ3n) is 5.39. The van der Waals surface area contributed by atoms with Crippen molar-refractivity contribution in [2.75, 3.05) is 5.75 Å². The molecule has 11 nitrogen and oxygen atoms in total. The topological polar surface area (TPSA) is 140 Å². The lowest BCUT2D eigenvalue weighted by atomic mass is 9.95. The van der Waals surface area contributed by atoms with Crippen molar-refractivity contribution in [1.29, 1.82) is 0 Å². The van der Waals surface area contributed by atoms with E-state index in [2.05, 4.69) is 15.3 Å². The van der Waals surface area contributed by atoms with E-state index in [0.29, 0.717) is 18.0 Å². The van der Waals surface area contributed by atoms with E-state index in [1.807, 2.05) is 17.8 Å². The Labute approximate surface area is 176 Å². The SMILES string of the molecule is Cn1ccnc1SCCn1cc(/C=C2\C(=O)N3[C@@H](C(=O)O)C(C)(C)S(=O)(=O)[C@H]23)nn1. The van der Waals surface area contributed by atoms with Gasteiger partial charge < -0.3 is 14.6 Å². The van der Waals surface area contributed by atoms with Gasteiger partial charge in [-0.3, -0.25) is 9.48 Å². The quantitative estimate of drug-likeness (QED) is 0.365. The monoisotopic (exact) mass is 452 g/mol. The van der Waals surface area contributed by atoms with Crippen molar-refractivity contribution in [2.24, 2.45) is 7.05 Å². The van der Waals surface area contributed by atoms with E-state index < -0.39 is 37.9 Å². The lowest BCUT2D eigenvalue weighted by Crippen LogP contribution is -2.58. The summed E-state index contributed by atoms with van der Waals surface area (Å²) in [6.07, 6.45) is 6.56. The van der Waals surface area contributed by atoms with E-state index in [0.717, 1.165) is 10.1 Å². The van der Waals surface area contributed by atoms with Crippen LogP contribution in [-0.4, -0.2) is 76.8 Å². The Morgan fingerprint density at radius 1 is 1.40 bits per heavy atom. The third-order valence-corrected chi connectivity index (χ3v) is 9.18. The van der Waals surface area contributed by atoms with Gasteiger partial charge in [0.05, 0.1) is 18.3 Å². The van der Waals surface area contributed by atoms with Gasteiger partial charge in [0.25, 0.3) is 5.91 Å². The van der Waals surface area contributed by atoms with Gasteiger partial charge in [0.2, 0.25) is 0 Å². The lowest BCUT2D eigenvalue weighted by Gasteiger charge is -2.37. The molecule has 0 saturated carbocycles. The number of aliphatic carboxylic acids is 1. The fourth-order valence-corrected chi connectivity index (χ4v) is 6.69. The minimum Gasteiger partial charge on any atom is -0.480 e. The molecule has 0 spiro atoms. The molecule has 2 atom stereocenters. The van der Waals surface area contributed by atoms with Crippen LogP contribution in [0.2, 0.25) is 0 Å². The van der Waals surface area contributed by atoms with Crippen LogP contribution in [0.1, 0.15) is 19.5 Å². The Bertz CT molecular complexity index is 1160. The molecule has 0 bridgehead atoms. The van der Waals surface area contributed by atoms with Crippen molar-refractivity contribution in [1.82, 2.24) is 29.4 Å². The Hall–Kier alpha value is -2.67. The van der Waals surface area contributed by atoms with Gasteiger partial charge >= 0.3 is 5.97 Å². The summed E-state index contributed by atoms with van der Waals surface area (Å²) < 4.78 is 27.7. The van der Waals surface area contributed by atoms with Gasteiger partial charge in [-0.05, 0) is 19.9 Å².